The number of nitrogens with one attached hydrogen (secondary N) is 1. The molecule has 1 atom stereocenters. The molecule has 1 amide bonds. The molecule has 1 aromatic rings. The van der Waals surface area contributed by atoms with Crippen molar-refractivity contribution in [3.63, 3.8) is 0 Å². The molecule has 126 valence electrons. The van der Waals surface area contributed by atoms with Crippen LogP contribution in [0.3, 0.4) is 0 Å². The third kappa shape index (κ3) is 4.19. The zero-order chi connectivity index (χ0) is 17.0. The molecule has 1 aliphatic heterocycles. The number of piperidine rings is 1. The molecule has 1 fully saturated rings. The Morgan fingerprint density at radius 1 is 1.43 bits per heavy atom. The van der Waals surface area contributed by atoms with Crippen LogP contribution in [-0.4, -0.2) is 42.0 Å². The third-order valence-corrected chi connectivity index (χ3v) is 4.40. The molecular weight excluding hydrogens is 298 g/mol. The molecule has 0 aromatic heterocycles. The van der Waals surface area contributed by atoms with Gasteiger partial charge in [0, 0.05) is 12.1 Å². The number of benzene rings is 1. The van der Waals surface area contributed by atoms with Gasteiger partial charge in [-0.3, -0.25) is 19.8 Å². The van der Waals surface area contributed by atoms with E-state index >= 15 is 0 Å². The van der Waals surface area contributed by atoms with Gasteiger partial charge >= 0.3 is 0 Å². The van der Waals surface area contributed by atoms with Crippen LogP contribution in [0, 0.1) is 16.0 Å². The quantitative estimate of drug-likeness (QED) is 0.666. The predicted molar refractivity (Wildman–Crippen MR) is 87.7 cm³/mol. The summed E-state index contributed by atoms with van der Waals surface area (Å²) in [6.07, 6.45) is 2.16. The number of nitrogens with zero attached hydrogens (tertiary/aromatic N) is 2. The van der Waals surface area contributed by atoms with Crippen LogP contribution < -0.4 is 10.1 Å². The standard InChI is InChI=1S/C16H23N3O4/c1-11-6-8-18(9-7-11)12(2)16(20)17-14-10-13(19(21)22)4-5-15(14)23-3/h4-5,10-12H,6-9H2,1-3H3,(H,17,20). The van der Waals surface area contributed by atoms with Crippen LogP contribution in [-0.2, 0) is 4.79 Å². The van der Waals surface area contributed by atoms with Gasteiger partial charge in [0.15, 0.2) is 0 Å². The van der Waals surface area contributed by atoms with Crippen molar-refractivity contribution in [2.75, 3.05) is 25.5 Å². The molecule has 1 N–H and O–H groups in total. The van der Waals surface area contributed by atoms with Crippen molar-refractivity contribution in [2.24, 2.45) is 5.92 Å². The average Bonchev–Trinajstić information content (AvgIpc) is 2.54. The number of carbonyl (C=O) groups excluding carboxylic acids is 1. The molecule has 7 heteroatoms. The summed E-state index contributed by atoms with van der Waals surface area (Å²) < 4.78 is 5.17. The number of nitro groups is 1. The van der Waals surface area contributed by atoms with Gasteiger partial charge in [0.25, 0.3) is 5.69 Å². The fourth-order valence-electron chi connectivity index (χ4n) is 2.73. The Morgan fingerprint density at radius 2 is 2.09 bits per heavy atom. The first-order valence-corrected chi connectivity index (χ1v) is 7.79. The Kier molecular flexibility index (Phi) is 5.54. The number of rotatable bonds is 5. The molecule has 1 unspecified atom stereocenters. The second kappa shape index (κ2) is 7.41. The Labute approximate surface area is 135 Å². The number of anilines is 1. The molecule has 0 aliphatic carbocycles. The second-order valence-corrected chi connectivity index (χ2v) is 6.03. The number of hydrogen-bond donors (Lipinski definition) is 1. The lowest BCUT2D eigenvalue weighted by Gasteiger charge is -2.34. The first-order chi connectivity index (χ1) is 10.9. The summed E-state index contributed by atoms with van der Waals surface area (Å²) in [6, 6.07) is 3.87. The van der Waals surface area contributed by atoms with E-state index in [-0.39, 0.29) is 17.6 Å². The average molecular weight is 321 g/mol. The fraction of sp³-hybridized carbons (Fsp3) is 0.562. The SMILES string of the molecule is COc1ccc([N+](=O)[O-])cc1NC(=O)C(C)N1CCC(C)CC1. The van der Waals surface area contributed by atoms with Crippen molar-refractivity contribution >= 4 is 17.3 Å². The Hall–Kier alpha value is -2.15. The highest BCUT2D eigenvalue weighted by molar-refractivity contribution is 5.96. The molecule has 1 heterocycles. The summed E-state index contributed by atoms with van der Waals surface area (Å²) in [7, 11) is 1.46. The van der Waals surface area contributed by atoms with Gasteiger partial charge in [0.05, 0.1) is 23.8 Å². The van der Waals surface area contributed by atoms with Crippen molar-refractivity contribution < 1.29 is 14.5 Å². The molecule has 0 saturated carbocycles. The second-order valence-electron chi connectivity index (χ2n) is 6.03. The minimum absolute atomic E-state index is 0.0828. The zero-order valence-corrected chi connectivity index (χ0v) is 13.7. The van der Waals surface area contributed by atoms with Crippen LogP contribution in [0.4, 0.5) is 11.4 Å². The van der Waals surface area contributed by atoms with E-state index in [4.69, 9.17) is 4.74 Å². The number of likely N-dealkylation sites (tertiary alicyclic amines) is 1. The number of hydrogen-bond acceptors (Lipinski definition) is 5. The maximum atomic E-state index is 12.5. The maximum absolute atomic E-state index is 12.5. The summed E-state index contributed by atoms with van der Waals surface area (Å²) in [4.78, 5) is 25.0. The minimum atomic E-state index is -0.495. The molecule has 1 aromatic carbocycles. The first-order valence-electron chi connectivity index (χ1n) is 7.79. The number of nitro benzene ring substituents is 1. The molecule has 0 bridgehead atoms. The summed E-state index contributed by atoms with van der Waals surface area (Å²) in [5, 5.41) is 13.6. The van der Waals surface area contributed by atoms with Gasteiger partial charge < -0.3 is 10.1 Å². The Bertz CT molecular complexity index is 583. The topological polar surface area (TPSA) is 84.7 Å². The van der Waals surface area contributed by atoms with E-state index in [9.17, 15) is 14.9 Å². The lowest BCUT2D eigenvalue weighted by atomic mass is 9.98. The van der Waals surface area contributed by atoms with E-state index < -0.39 is 4.92 Å². The van der Waals surface area contributed by atoms with E-state index in [1.807, 2.05) is 6.92 Å². The normalized spacial score (nSPS) is 17.5. The van der Waals surface area contributed by atoms with Crippen molar-refractivity contribution in [2.45, 2.75) is 32.7 Å². The van der Waals surface area contributed by atoms with Crippen molar-refractivity contribution in [3.8, 4) is 5.75 Å². The molecule has 7 nitrogen and oxygen atoms in total. The van der Waals surface area contributed by atoms with Gasteiger partial charge in [-0.1, -0.05) is 6.92 Å². The molecule has 23 heavy (non-hydrogen) atoms. The van der Waals surface area contributed by atoms with Crippen molar-refractivity contribution in [1.29, 1.82) is 0 Å². The molecule has 1 saturated heterocycles. The maximum Gasteiger partial charge on any atom is 0.271 e. The monoisotopic (exact) mass is 321 g/mol. The molecule has 0 radical (unpaired) electrons. The zero-order valence-electron chi connectivity index (χ0n) is 13.7. The van der Waals surface area contributed by atoms with Crippen molar-refractivity contribution in [1.82, 2.24) is 4.90 Å². The summed E-state index contributed by atoms with van der Waals surface area (Å²) >= 11 is 0. The molecule has 2 rings (SSSR count). The smallest absolute Gasteiger partial charge is 0.271 e. The Balaban J connectivity index is 2.09. The summed E-state index contributed by atoms with van der Waals surface area (Å²) in [6.45, 7) is 5.86. The van der Waals surface area contributed by atoms with E-state index in [2.05, 4.69) is 17.1 Å². The molecule has 0 spiro atoms. The summed E-state index contributed by atoms with van der Waals surface area (Å²) in [5.41, 5.74) is 0.240. The predicted octanol–water partition coefficient (Wildman–Crippen LogP) is 2.66. The van der Waals surface area contributed by atoms with Gasteiger partial charge in [-0.15, -0.1) is 0 Å². The minimum Gasteiger partial charge on any atom is -0.495 e. The van der Waals surface area contributed by atoms with E-state index in [0.717, 1.165) is 25.9 Å². The van der Waals surface area contributed by atoms with Gasteiger partial charge in [-0.05, 0) is 44.8 Å². The van der Waals surface area contributed by atoms with Crippen LogP contribution >= 0.6 is 0 Å². The lowest BCUT2D eigenvalue weighted by Crippen LogP contribution is -2.45. The van der Waals surface area contributed by atoms with Gasteiger partial charge in [-0.25, -0.2) is 0 Å². The van der Waals surface area contributed by atoms with Crippen molar-refractivity contribution in [3.05, 3.63) is 28.3 Å². The van der Waals surface area contributed by atoms with Gasteiger partial charge in [0.2, 0.25) is 5.91 Å². The number of non-ortho nitro benzene ring substituents is 1. The van der Waals surface area contributed by atoms with Crippen LogP contribution in [0.5, 0.6) is 5.75 Å². The number of amides is 1. The van der Waals surface area contributed by atoms with Crippen LogP contribution in [0.1, 0.15) is 26.7 Å². The largest absolute Gasteiger partial charge is 0.495 e. The third-order valence-electron chi connectivity index (χ3n) is 4.40. The highest BCUT2D eigenvalue weighted by Crippen LogP contribution is 2.29. The van der Waals surface area contributed by atoms with Crippen LogP contribution in [0.15, 0.2) is 18.2 Å². The van der Waals surface area contributed by atoms with Gasteiger partial charge in [-0.2, -0.15) is 0 Å². The fourth-order valence-corrected chi connectivity index (χ4v) is 2.73. The van der Waals surface area contributed by atoms with E-state index in [1.165, 1.54) is 25.3 Å². The number of ether oxygens (including phenoxy) is 1. The molecular formula is C16H23N3O4. The highest BCUT2D eigenvalue weighted by atomic mass is 16.6. The number of carbonyl (C=O) groups is 1. The Morgan fingerprint density at radius 3 is 2.65 bits per heavy atom. The van der Waals surface area contributed by atoms with Crippen LogP contribution in [0.2, 0.25) is 0 Å². The lowest BCUT2D eigenvalue weighted by molar-refractivity contribution is -0.384. The summed E-state index contributed by atoms with van der Waals surface area (Å²) in [5.74, 6) is 0.917. The van der Waals surface area contributed by atoms with Crippen LogP contribution in [0.25, 0.3) is 0 Å². The van der Waals surface area contributed by atoms with E-state index in [1.54, 1.807) is 0 Å². The first kappa shape index (κ1) is 17.2. The number of methoxy groups -OCH3 is 1. The van der Waals surface area contributed by atoms with E-state index in [0.29, 0.717) is 17.4 Å². The van der Waals surface area contributed by atoms with Gasteiger partial charge in [0.1, 0.15) is 5.75 Å². The molecule has 1 aliphatic rings. The highest BCUT2D eigenvalue weighted by Gasteiger charge is 2.26.